The van der Waals surface area contributed by atoms with Crippen molar-refractivity contribution in [1.29, 1.82) is 0 Å². The van der Waals surface area contributed by atoms with E-state index in [0.717, 1.165) is 0 Å². The maximum atomic E-state index is 11.9. The Bertz CT molecular complexity index is 612. The normalized spacial score (nSPS) is 12.2. The molecule has 112 valence electrons. The number of amides is 1. The number of hydrogen-bond donors (Lipinski definition) is 2. The highest BCUT2D eigenvalue weighted by atomic mass is 32.2. The molecule has 0 atom stereocenters. The van der Waals surface area contributed by atoms with Gasteiger partial charge in [-0.2, -0.15) is 13.2 Å². The van der Waals surface area contributed by atoms with E-state index < -0.39 is 34.2 Å². The second-order valence-corrected chi connectivity index (χ2v) is 6.08. The molecule has 0 heterocycles. The smallest absolute Gasteiger partial charge is 0.398 e. The Morgan fingerprint density at radius 1 is 1.35 bits per heavy atom. The van der Waals surface area contributed by atoms with Crippen LogP contribution in [0.5, 0.6) is 0 Å². The summed E-state index contributed by atoms with van der Waals surface area (Å²) in [4.78, 5) is 11.1. The van der Waals surface area contributed by atoms with E-state index in [2.05, 4.69) is 0 Å². The Morgan fingerprint density at radius 2 is 1.95 bits per heavy atom. The Hall–Kier alpha value is -1.77. The lowest BCUT2D eigenvalue weighted by atomic mass is 10.2. The number of benzene rings is 1. The van der Waals surface area contributed by atoms with Crippen LogP contribution in [0.1, 0.15) is 5.56 Å². The van der Waals surface area contributed by atoms with Gasteiger partial charge in [0.05, 0.1) is 4.90 Å². The fourth-order valence-electron chi connectivity index (χ4n) is 1.47. The Kier molecular flexibility index (Phi) is 4.64. The Morgan fingerprint density at radius 3 is 2.50 bits per heavy atom. The first-order valence-corrected chi connectivity index (χ1v) is 7.09. The molecule has 0 radical (unpaired) electrons. The molecule has 9 heteroatoms. The number of carbonyl (C=O) groups is 1. The van der Waals surface area contributed by atoms with Crippen molar-refractivity contribution >= 4 is 21.4 Å². The minimum Gasteiger partial charge on any atom is -0.398 e. The summed E-state index contributed by atoms with van der Waals surface area (Å²) in [6, 6.07) is 4.12. The number of nitrogens with two attached hydrogens (primary N) is 1. The summed E-state index contributed by atoms with van der Waals surface area (Å²) in [6.07, 6.45) is -4.59. The highest BCUT2D eigenvalue weighted by Gasteiger charge is 2.29. The van der Waals surface area contributed by atoms with E-state index in [1.807, 2.05) is 0 Å². The summed E-state index contributed by atoms with van der Waals surface area (Å²) in [5, 5.41) is 1.51. The molecular weight excluding hydrogens is 297 g/mol. The van der Waals surface area contributed by atoms with Gasteiger partial charge in [0, 0.05) is 5.69 Å². The number of nitrogen functional groups attached to an aromatic ring is 1. The zero-order valence-electron chi connectivity index (χ0n) is 10.5. The van der Waals surface area contributed by atoms with E-state index in [0.29, 0.717) is 0 Å². The highest BCUT2D eigenvalue weighted by molar-refractivity contribution is 7.92. The second kappa shape index (κ2) is 5.70. The molecule has 1 amide bonds. The van der Waals surface area contributed by atoms with Crippen molar-refractivity contribution in [3.63, 3.8) is 0 Å². The lowest BCUT2D eigenvalue weighted by molar-refractivity contribution is -0.137. The molecule has 1 rings (SSSR count). The van der Waals surface area contributed by atoms with Crippen LogP contribution in [0.25, 0.3) is 0 Å². The lowest BCUT2D eigenvalue weighted by Gasteiger charge is -2.11. The standard InChI is InChI=1S/C11H13F3N2O3S/c1-7-8(15)3-2-4-9(7)20(18,19)5-10(17)16-6-11(12,13)14/h2-4H,5-6,15H2,1H3,(H,16,17). The van der Waals surface area contributed by atoms with Crippen LogP contribution in [0.15, 0.2) is 23.1 Å². The minimum absolute atomic E-state index is 0.167. The quantitative estimate of drug-likeness (QED) is 0.813. The number of alkyl halides is 3. The average molecular weight is 310 g/mol. The third-order valence-electron chi connectivity index (χ3n) is 2.47. The van der Waals surface area contributed by atoms with Crippen LogP contribution in [0, 0.1) is 6.92 Å². The first-order chi connectivity index (χ1) is 9.03. The summed E-state index contributed by atoms with van der Waals surface area (Å²) in [6.45, 7) is -0.118. The van der Waals surface area contributed by atoms with Gasteiger partial charge in [-0.15, -0.1) is 0 Å². The molecule has 0 spiro atoms. The monoisotopic (exact) mass is 310 g/mol. The fourth-order valence-corrected chi connectivity index (χ4v) is 2.94. The summed E-state index contributed by atoms with van der Waals surface area (Å²) in [7, 11) is -4.04. The van der Waals surface area contributed by atoms with Gasteiger partial charge >= 0.3 is 6.18 Å². The number of sulfone groups is 1. The molecule has 0 aliphatic rings. The van der Waals surface area contributed by atoms with Crippen molar-refractivity contribution in [2.75, 3.05) is 18.0 Å². The number of rotatable bonds is 4. The van der Waals surface area contributed by atoms with E-state index >= 15 is 0 Å². The predicted octanol–water partition coefficient (Wildman–Crippen LogP) is 1.03. The Balaban J connectivity index is 2.85. The maximum Gasteiger partial charge on any atom is 0.405 e. The number of carbonyl (C=O) groups excluding carboxylic acids is 1. The molecule has 5 nitrogen and oxygen atoms in total. The molecule has 0 aliphatic heterocycles. The van der Waals surface area contributed by atoms with Gasteiger partial charge < -0.3 is 11.1 Å². The van der Waals surface area contributed by atoms with Gasteiger partial charge in [-0.05, 0) is 24.6 Å². The lowest BCUT2D eigenvalue weighted by Crippen LogP contribution is -2.37. The first kappa shape index (κ1) is 16.3. The minimum atomic E-state index is -4.59. The molecule has 0 saturated carbocycles. The maximum absolute atomic E-state index is 11.9. The van der Waals surface area contributed by atoms with Gasteiger partial charge in [-0.1, -0.05) is 6.07 Å². The molecule has 0 aliphatic carbocycles. The number of nitrogens with one attached hydrogen (secondary N) is 1. The second-order valence-electron chi connectivity index (χ2n) is 4.12. The van der Waals surface area contributed by atoms with E-state index in [9.17, 15) is 26.4 Å². The largest absolute Gasteiger partial charge is 0.405 e. The van der Waals surface area contributed by atoms with Crippen LogP contribution in [-0.2, 0) is 14.6 Å². The average Bonchev–Trinajstić information content (AvgIpc) is 2.28. The zero-order valence-corrected chi connectivity index (χ0v) is 11.3. The summed E-state index contributed by atoms with van der Waals surface area (Å²) in [5.41, 5.74) is 6.03. The zero-order chi connectivity index (χ0) is 15.6. The van der Waals surface area contributed by atoms with Crippen LogP contribution in [-0.4, -0.2) is 32.8 Å². The summed E-state index contributed by atoms with van der Waals surface area (Å²) in [5.74, 6) is -2.28. The van der Waals surface area contributed by atoms with Gasteiger partial charge in [-0.25, -0.2) is 8.42 Å². The van der Waals surface area contributed by atoms with Crippen LogP contribution in [0.2, 0.25) is 0 Å². The van der Waals surface area contributed by atoms with E-state index in [-0.39, 0.29) is 16.1 Å². The van der Waals surface area contributed by atoms with E-state index in [1.165, 1.54) is 30.4 Å². The van der Waals surface area contributed by atoms with Gasteiger partial charge in [0.2, 0.25) is 5.91 Å². The molecule has 3 N–H and O–H groups in total. The molecular formula is C11H13F3N2O3S. The summed E-state index contributed by atoms with van der Waals surface area (Å²) >= 11 is 0. The molecule has 0 fully saturated rings. The molecule has 1 aromatic rings. The molecule has 0 aromatic heterocycles. The molecule has 1 aromatic carbocycles. The van der Waals surface area contributed by atoms with Crippen molar-refractivity contribution in [3.05, 3.63) is 23.8 Å². The fraction of sp³-hybridized carbons (Fsp3) is 0.364. The number of hydrogen-bond acceptors (Lipinski definition) is 4. The molecule has 20 heavy (non-hydrogen) atoms. The van der Waals surface area contributed by atoms with Crippen molar-refractivity contribution < 1.29 is 26.4 Å². The Labute approximate surface area is 113 Å². The van der Waals surface area contributed by atoms with Crippen molar-refractivity contribution in [3.8, 4) is 0 Å². The highest BCUT2D eigenvalue weighted by Crippen LogP contribution is 2.21. The van der Waals surface area contributed by atoms with Crippen LogP contribution < -0.4 is 11.1 Å². The van der Waals surface area contributed by atoms with Crippen LogP contribution in [0.3, 0.4) is 0 Å². The van der Waals surface area contributed by atoms with Gasteiger partial charge in [-0.3, -0.25) is 4.79 Å². The third kappa shape index (κ3) is 4.41. The molecule has 0 saturated heterocycles. The predicted molar refractivity (Wildman–Crippen MR) is 66.7 cm³/mol. The topological polar surface area (TPSA) is 89.3 Å². The SMILES string of the molecule is Cc1c(N)cccc1S(=O)(=O)CC(=O)NCC(F)(F)F. The summed E-state index contributed by atoms with van der Waals surface area (Å²) < 4.78 is 59.6. The number of anilines is 1. The van der Waals surface area contributed by atoms with Gasteiger partial charge in [0.25, 0.3) is 0 Å². The van der Waals surface area contributed by atoms with Crippen LogP contribution >= 0.6 is 0 Å². The van der Waals surface area contributed by atoms with Crippen molar-refractivity contribution in [1.82, 2.24) is 5.32 Å². The van der Waals surface area contributed by atoms with Crippen molar-refractivity contribution in [2.24, 2.45) is 0 Å². The van der Waals surface area contributed by atoms with E-state index in [4.69, 9.17) is 5.73 Å². The van der Waals surface area contributed by atoms with Gasteiger partial charge in [0.15, 0.2) is 9.84 Å². The van der Waals surface area contributed by atoms with Crippen molar-refractivity contribution in [2.45, 2.75) is 18.0 Å². The van der Waals surface area contributed by atoms with Gasteiger partial charge in [0.1, 0.15) is 12.3 Å². The van der Waals surface area contributed by atoms with Crippen LogP contribution in [0.4, 0.5) is 18.9 Å². The third-order valence-corrected chi connectivity index (χ3v) is 4.22. The number of halogens is 3. The van der Waals surface area contributed by atoms with E-state index in [1.54, 1.807) is 0 Å². The molecule has 0 unspecified atom stereocenters. The molecule has 0 bridgehead atoms. The first-order valence-electron chi connectivity index (χ1n) is 5.44.